The average molecular weight is 138 g/mol. The molecule has 0 aliphatic carbocycles. The van der Waals surface area contributed by atoms with Crippen LogP contribution in [0.4, 0.5) is 0 Å². The summed E-state index contributed by atoms with van der Waals surface area (Å²) >= 11 is 0. The van der Waals surface area contributed by atoms with Crippen LogP contribution in [-0.4, -0.2) is 9.94 Å². The van der Waals surface area contributed by atoms with Crippen LogP contribution in [0.15, 0.2) is 18.2 Å². The van der Waals surface area contributed by atoms with E-state index in [0.29, 0.717) is 0 Å². The first-order valence-electron chi connectivity index (χ1n) is 3.20. The van der Waals surface area contributed by atoms with Gasteiger partial charge in [-0.1, -0.05) is 13.0 Å². The Morgan fingerprint density at radius 2 is 2.30 bits per heavy atom. The van der Waals surface area contributed by atoms with Gasteiger partial charge in [0.15, 0.2) is 5.49 Å². The second-order valence-electron chi connectivity index (χ2n) is 2.07. The molecule has 10 heavy (non-hydrogen) atoms. The number of hydrogen-bond acceptors (Lipinski definition) is 2. The largest absolute Gasteiger partial charge is 0.427 e. The molecule has 0 bridgehead atoms. The van der Waals surface area contributed by atoms with Gasteiger partial charge in [0.2, 0.25) is 0 Å². The van der Waals surface area contributed by atoms with Gasteiger partial charge in [0.05, 0.1) is 5.69 Å². The number of aromatic nitrogens is 1. The lowest BCUT2D eigenvalue weighted by atomic mass is 10.3. The Morgan fingerprint density at radius 3 is 2.80 bits per heavy atom. The minimum absolute atomic E-state index is 0.124. The van der Waals surface area contributed by atoms with E-state index in [2.05, 4.69) is 0 Å². The standard InChI is InChI=1S/C7H10N2O/c1-2-6-4-3-5-7(8)9(6)10/h3-5,8,10H,2H2,1H3. The fourth-order valence-corrected chi connectivity index (χ4v) is 0.814. The van der Waals surface area contributed by atoms with Gasteiger partial charge < -0.3 is 5.21 Å². The van der Waals surface area contributed by atoms with Crippen molar-refractivity contribution in [2.45, 2.75) is 13.3 Å². The number of pyridine rings is 1. The number of hydrogen-bond donors (Lipinski definition) is 2. The van der Waals surface area contributed by atoms with E-state index in [4.69, 9.17) is 10.6 Å². The van der Waals surface area contributed by atoms with Gasteiger partial charge in [0.1, 0.15) is 0 Å². The van der Waals surface area contributed by atoms with E-state index in [1.54, 1.807) is 18.2 Å². The molecule has 1 heterocycles. The molecule has 0 amide bonds. The minimum Gasteiger partial charge on any atom is -0.427 e. The Labute approximate surface area is 59.0 Å². The molecule has 0 aromatic carbocycles. The summed E-state index contributed by atoms with van der Waals surface area (Å²) < 4.78 is 0.889. The van der Waals surface area contributed by atoms with Crippen molar-refractivity contribution in [1.82, 2.24) is 4.73 Å². The summed E-state index contributed by atoms with van der Waals surface area (Å²) in [5.41, 5.74) is 0.881. The summed E-state index contributed by atoms with van der Waals surface area (Å²) in [7, 11) is 0. The summed E-state index contributed by atoms with van der Waals surface area (Å²) in [5, 5.41) is 16.3. The van der Waals surface area contributed by atoms with Gasteiger partial charge in [-0.15, -0.1) is 0 Å². The highest BCUT2D eigenvalue weighted by Crippen LogP contribution is 1.92. The summed E-state index contributed by atoms with van der Waals surface area (Å²) in [5.74, 6) is 0. The Bertz CT molecular complexity index is 277. The topological polar surface area (TPSA) is 49.0 Å². The molecule has 1 rings (SSSR count). The van der Waals surface area contributed by atoms with Crippen LogP contribution < -0.4 is 5.49 Å². The van der Waals surface area contributed by atoms with Gasteiger partial charge >= 0.3 is 0 Å². The van der Waals surface area contributed by atoms with Gasteiger partial charge in [-0.05, 0) is 18.6 Å². The zero-order valence-electron chi connectivity index (χ0n) is 5.83. The molecule has 2 N–H and O–H groups in total. The molecular weight excluding hydrogens is 128 g/mol. The molecule has 1 aromatic heterocycles. The average Bonchev–Trinajstić information content (AvgIpc) is 1.95. The summed E-state index contributed by atoms with van der Waals surface area (Å²) in [4.78, 5) is 0. The fraction of sp³-hybridized carbons (Fsp3) is 0.286. The molecule has 0 radical (unpaired) electrons. The predicted molar refractivity (Wildman–Crippen MR) is 36.8 cm³/mol. The van der Waals surface area contributed by atoms with Crippen LogP contribution in [0.2, 0.25) is 0 Å². The zero-order chi connectivity index (χ0) is 7.56. The van der Waals surface area contributed by atoms with E-state index in [0.717, 1.165) is 16.8 Å². The first kappa shape index (κ1) is 6.86. The van der Waals surface area contributed by atoms with Gasteiger partial charge in [-0.2, -0.15) is 4.73 Å². The molecule has 0 spiro atoms. The monoisotopic (exact) mass is 138 g/mol. The third kappa shape index (κ3) is 1.03. The Balaban J connectivity index is 3.28. The third-order valence-electron chi connectivity index (χ3n) is 1.41. The van der Waals surface area contributed by atoms with Crippen LogP contribution in [0.5, 0.6) is 0 Å². The highest BCUT2D eigenvalue weighted by molar-refractivity contribution is 5.03. The molecule has 3 heteroatoms. The van der Waals surface area contributed by atoms with Crippen molar-refractivity contribution in [3.8, 4) is 0 Å². The maximum absolute atomic E-state index is 9.13. The molecule has 0 atom stereocenters. The van der Waals surface area contributed by atoms with E-state index in [1.807, 2.05) is 6.92 Å². The first-order valence-corrected chi connectivity index (χ1v) is 3.20. The molecule has 1 aromatic rings. The fourth-order valence-electron chi connectivity index (χ4n) is 0.814. The smallest absolute Gasteiger partial charge is 0.160 e. The molecule has 0 aliphatic rings. The summed E-state index contributed by atoms with van der Waals surface area (Å²) in [6.07, 6.45) is 0.739. The predicted octanol–water partition coefficient (Wildman–Crippen LogP) is 0.767. The lowest BCUT2D eigenvalue weighted by Crippen LogP contribution is -2.19. The highest BCUT2D eigenvalue weighted by atomic mass is 16.5. The van der Waals surface area contributed by atoms with Crippen LogP contribution >= 0.6 is 0 Å². The van der Waals surface area contributed by atoms with Crippen molar-refractivity contribution >= 4 is 0 Å². The number of nitrogens with zero attached hydrogens (tertiary/aromatic N) is 1. The number of nitrogens with one attached hydrogen (secondary N) is 1. The second kappa shape index (κ2) is 2.56. The van der Waals surface area contributed by atoms with Crippen molar-refractivity contribution in [1.29, 1.82) is 5.41 Å². The highest BCUT2D eigenvalue weighted by Gasteiger charge is 1.93. The van der Waals surface area contributed by atoms with Crippen LogP contribution in [0.25, 0.3) is 0 Å². The molecule has 0 saturated carbocycles. The van der Waals surface area contributed by atoms with Crippen LogP contribution in [0.1, 0.15) is 12.6 Å². The van der Waals surface area contributed by atoms with Crippen molar-refractivity contribution in [3.05, 3.63) is 29.4 Å². The van der Waals surface area contributed by atoms with E-state index >= 15 is 0 Å². The van der Waals surface area contributed by atoms with Crippen LogP contribution in [0, 0.1) is 5.41 Å². The molecule has 0 fully saturated rings. The Morgan fingerprint density at radius 1 is 1.60 bits per heavy atom. The Kier molecular flexibility index (Phi) is 1.76. The van der Waals surface area contributed by atoms with Crippen molar-refractivity contribution < 1.29 is 5.21 Å². The van der Waals surface area contributed by atoms with Crippen molar-refractivity contribution in [2.24, 2.45) is 0 Å². The maximum Gasteiger partial charge on any atom is 0.160 e. The van der Waals surface area contributed by atoms with Gasteiger partial charge in [0.25, 0.3) is 0 Å². The molecule has 0 saturated heterocycles. The van der Waals surface area contributed by atoms with E-state index < -0.39 is 0 Å². The Hall–Kier alpha value is -1.25. The van der Waals surface area contributed by atoms with E-state index in [9.17, 15) is 0 Å². The normalized spacial score (nSPS) is 9.70. The zero-order valence-corrected chi connectivity index (χ0v) is 5.83. The van der Waals surface area contributed by atoms with Crippen molar-refractivity contribution in [3.63, 3.8) is 0 Å². The molecule has 3 nitrogen and oxygen atoms in total. The summed E-state index contributed by atoms with van der Waals surface area (Å²) in [6.45, 7) is 1.93. The maximum atomic E-state index is 9.13. The molecule has 54 valence electrons. The SMILES string of the molecule is CCc1cccc(=N)n1O. The molecule has 0 unspecified atom stereocenters. The van der Waals surface area contributed by atoms with Gasteiger partial charge in [0, 0.05) is 0 Å². The van der Waals surface area contributed by atoms with Gasteiger partial charge in [-0.3, -0.25) is 5.41 Å². The second-order valence-corrected chi connectivity index (χ2v) is 2.07. The quantitative estimate of drug-likeness (QED) is 0.553. The summed E-state index contributed by atoms with van der Waals surface area (Å²) in [6, 6.07) is 5.09. The third-order valence-corrected chi connectivity index (χ3v) is 1.41. The lowest BCUT2D eigenvalue weighted by Gasteiger charge is -2.02. The van der Waals surface area contributed by atoms with Crippen molar-refractivity contribution in [2.75, 3.05) is 0 Å². The number of aryl methyl sites for hydroxylation is 1. The van der Waals surface area contributed by atoms with E-state index in [-0.39, 0.29) is 5.49 Å². The van der Waals surface area contributed by atoms with Crippen LogP contribution in [-0.2, 0) is 6.42 Å². The van der Waals surface area contributed by atoms with E-state index in [1.165, 1.54) is 0 Å². The van der Waals surface area contributed by atoms with Crippen LogP contribution in [0.3, 0.4) is 0 Å². The molecule has 0 aliphatic heterocycles. The number of rotatable bonds is 1. The van der Waals surface area contributed by atoms with Gasteiger partial charge in [-0.25, -0.2) is 0 Å². The minimum atomic E-state index is 0.124. The molecular formula is C7H10N2O. The first-order chi connectivity index (χ1) is 4.75. The lowest BCUT2D eigenvalue weighted by molar-refractivity contribution is 0.161.